The van der Waals surface area contributed by atoms with E-state index in [1.165, 1.54) is 0 Å². The number of nitriles is 2. The van der Waals surface area contributed by atoms with Crippen molar-refractivity contribution in [3.63, 3.8) is 0 Å². The number of fused-ring (bicyclic) bond motifs is 1. The van der Waals surface area contributed by atoms with E-state index >= 15 is 0 Å². The van der Waals surface area contributed by atoms with Crippen LogP contribution in [-0.2, 0) is 6.54 Å². The fraction of sp³-hybridized carbons (Fsp3) is 0.143. The molecule has 136 valence electrons. The minimum atomic E-state index is 0.195. The Morgan fingerprint density at radius 2 is 2.07 bits per heavy atom. The third kappa shape index (κ3) is 3.42. The number of rotatable bonds is 5. The third-order valence-corrected chi connectivity index (χ3v) is 4.25. The van der Waals surface area contributed by atoms with Crippen molar-refractivity contribution in [1.29, 1.82) is 10.5 Å². The van der Waals surface area contributed by atoms with Crippen LogP contribution in [0.5, 0.6) is 11.5 Å². The molecule has 3 aromatic rings. The molecule has 0 atom stereocenters. The molecular formula is C21H15N5O2. The highest BCUT2D eigenvalue weighted by Gasteiger charge is 2.17. The summed E-state index contributed by atoms with van der Waals surface area (Å²) in [5.41, 5.74) is 3.32. The first-order valence-corrected chi connectivity index (χ1v) is 8.66. The Balaban J connectivity index is 1.80. The zero-order valence-corrected chi connectivity index (χ0v) is 14.9. The molecule has 1 aliphatic heterocycles. The van der Waals surface area contributed by atoms with Gasteiger partial charge in [-0.3, -0.25) is 9.67 Å². The van der Waals surface area contributed by atoms with Gasteiger partial charge in [0.15, 0.2) is 11.5 Å². The second kappa shape index (κ2) is 7.65. The van der Waals surface area contributed by atoms with Gasteiger partial charge in [0, 0.05) is 23.5 Å². The van der Waals surface area contributed by atoms with Crippen molar-refractivity contribution in [1.82, 2.24) is 14.8 Å². The zero-order valence-electron chi connectivity index (χ0n) is 14.9. The highest BCUT2D eigenvalue weighted by Crippen LogP contribution is 2.37. The Labute approximate surface area is 161 Å². The maximum atomic E-state index is 9.61. The summed E-state index contributed by atoms with van der Waals surface area (Å²) >= 11 is 0. The minimum Gasteiger partial charge on any atom is -0.454 e. The van der Waals surface area contributed by atoms with Crippen molar-refractivity contribution >= 4 is 11.6 Å². The van der Waals surface area contributed by atoms with Crippen LogP contribution in [-0.4, -0.2) is 21.6 Å². The van der Waals surface area contributed by atoms with Crippen LogP contribution in [0.25, 0.3) is 22.9 Å². The van der Waals surface area contributed by atoms with E-state index in [0.29, 0.717) is 41.4 Å². The maximum Gasteiger partial charge on any atom is 0.231 e. The molecule has 1 aliphatic rings. The molecule has 3 heterocycles. The number of aromatic nitrogens is 3. The lowest BCUT2D eigenvalue weighted by Crippen LogP contribution is -1.97. The van der Waals surface area contributed by atoms with Crippen LogP contribution in [0.4, 0.5) is 0 Å². The van der Waals surface area contributed by atoms with E-state index in [1.807, 2.05) is 30.5 Å². The molecule has 2 aromatic heterocycles. The number of nitrogens with zero attached hydrogens (tertiary/aromatic N) is 5. The summed E-state index contributed by atoms with van der Waals surface area (Å²) in [6.45, 7) is 0.660. The summed E-state index contributed by atoms with van der Waals surface area (Å²) in [5, 5.41) is 23.1. The van der Waals surface area contributed by atoms with E-state index in [9.17, 15) is 5.26 Å². The van der Waals surface area contributed by atoms with E-state index in [0.717, 1.165) is 11.1 Å². The highest BCUT2D eigenvalue weighted by atomic mass is 16.7. The summed E-state index contributed by atoms with van der Waals surface area (Å²) in [7, 11) is 0. The highest BCUT2D eigenvalue weighted by molar-refractivity contribution is 5.91. The fourth-order valence-corrected chi connectivity index (χ4v) is 2.93. The number of ether oxygens (including phenoxy) is 2. The van der Waals surface area contributed by atoms with Gasteiger partial charge in [-0.15, -0.1) is 0 Å². The lowest BCUT2D eigenvalue weighted by atomic mass is 10.0. The molecule has 0 saturated heterocycles. The van der Waals surface area contributed by atoms with Gasteiger partial charge in [0.25, 0.3) is 0 Å². The van der Waals surface area contributed by atoms with Gasteiger partial charge in [0.05, 0.1) is 36.0 Å². The Hall–Kier alpha value is -4.10. The van der Waals surface area contributed by atoms with Crippen molar-refractivity contribution in [2.75, 3.05) is 6.79 Å². The maximum absolute atomic E-state index is 9.61. The van der Waals surface area contributed by atoms with Gasteiger partial charge in [-0.05, 0) is 36.4 Å². The smallest absolute Gasteiger partial charge is 0.231 e. The molecule has 0 N–H and O–H groups in total. The molecule has 7 heteroatoms. The number of hydrogen-bond donors (Lipinski definition) is 0. The average molecular weight is 369 g/mol. The quantitative estimate of drug-likeness (QED) is 0.637. The molecule has 7 nitrogen and oxygen atoms in total. The van der Waals surface area contributed by atoms with Crippen LogP contribution in [0.2, 0.25) is 0 Å². The van der Waals surface area contributed by atoms with Crippen LogP contribution in [0.1, 0.15) is 17.7 Å². The van der Waals surface area contributed by atoms with Crippen LogP contribution < -0.4 is 9.47 Å². The number of pyridine rings is 1. The standard InChI is InChI=1S/C21H15N5O2/c22-7-3-9-26-13-17(10-16(12-23)18-4-1-2-8-24-18)21(25-26)15-5-6-19-20(11-15)28-14-27-19/h1-2,4-6,8,10-11,13H,3,9,14H2/b16-10-. The number of benzene rings is 1. The largest absolute Gasteiger partial charge is 0.454 e. The Bertz CT molecular complexity index is 1120. The average Bonchev–Trinajstić information content (AvgIpc) is 3.37. The molecule has 0 saturated carbocycles. The van der Waals surface area contributed by atoms with Crippen molar-refractivity contribution in [2.24, 2.45) is 0 Å². The second-order valence-electron chi connectivity index (χ2n) is 6.06. The van der Waals surface area contributed by atoms with Gasteiger partial charge < -0.3 is 9.47 Å². The molecule has 1 aromatic carbocycles. The van der Waals surface area contributed by atoms with Gasteiger partial charge >= 0.3 is 0 Å². The molecule has 0 radical (unpaired) electrons. The summed E-state index contributed by atoms with van der Waals surface area (Å²) in [6.07, 6.45) is 5.59. The molecule has 0 unspecified atom stereocenters. The number of hydrogen-bond acceptors (Lipinski definition) is 6. The van der Waals surface area contributed by atoms with Crippen molar-refractivity contribution in [3.05, 3.63) is 60.0 Å². The van der Waals surface area contributed by atoms with Crippen molar-refractivity contribution < 1.29 is 9.47 Å². The molecule has 28 heavy (non-hydrogen) atoms. The third-order valence-electron chi connectivity index (χ3n) is 4.25. The fourth-order valence-electron chi connectivity index (χ4n) is 2.93. The van der Waals surface area contributed by atoms with Gasteiger partial charge in [0.1, 0.15) is 6.07 Å². The summed E-state index contributed by atoms with van der Waals surface area (Å²) in [5.74, 6) is 1.35. The molecule has 0 bridgehead atoms. The first kappa shape index (κ1) is 17.3. The van der Waals surface area contributed by atoms with Gasteiger partial charge in [-0.2, -0.15) is 15.6 Å². The van der Waals surface area contributed by atoms with E-state index in [4.69, 9.17) is 14.7 Å². The Morgan fingerprint density at radius 1 is 1.18 bits per heavy atom. The Morgan fingerprint density at radius 3 is 2.86 bits per heavy atom. The number of allylic oxidation sites excluding steroid dienone is 1. The van der Waals surface area contributed by atoms with Crippen LogP contribution in [0.3, 0.4) is 0 Å². The normalized spacial score (nSPS) is 12.4. The predicted octanol–water partition coefficient (Wildman–Crippen LogP) is 3.65. The van der Waals surface area contributed by atoms with Crippen LogP contribution in [0, 0.1) is 22.7 Å². The van der Waals surface area contributed by atoms with E-state index in [2.05, 4.69) is 22.2 Å². The van der Waals surface area contributed by atoms with Crippen molar-refractivity contribution in [2.45, 2.75) is 13.0 Å². The first-order chi connectivity index (χ1) is 13.8. The summed E-state index contributed by atoms with van der Waals surface area (Å²) < 4.78 is 12.5. The summed E-state index contributed by atoms with van der Waals surface area (Å²) in [6, 6.07) is 15.3. The topological polar surface area (TPSA) is 96.8 Å². The molecule has 0 aliphatic carbocycles. The monoisotopic (exact) mass is 369 g/mol. The molecular weight excluding hydrogens is 354 g/mol. The molecule has 0 fully saturated rings. The van der Waals surface area contributed by atoms with Gasteiger partial charge in [-0.25, -0.2) is 0 Å². The zero-order chi connectivity index (χ0) is 19.3. The van der Waals surface area contributed by atoms with Crippen molar-refractivity contribution in [3.8, 4) is 34.9 Å². The first-order valence-electron chi connectivity index (χ1n) is 8.66. The van der Waals surface area contributed by atoms with E-state index in [1.54, 1.807) is 29.1 Å². The lowest BCUT2D eigenvalue weighted by Gasteiger charge is -2.02. The molecule has 0 amide bonds. The lowest BCUT2D eigenvalue weighted by molar-refractivity contribution is 0.174. The van der Waals surface area contributed by atoms with Gasteiger partial charge in [-0.1, -0.05) is 6.07 Å². The van der Waals surface area contributed by atoms with E-state index < -0.39 is 0 Å². The summed E-state index contributed by atoms with van der Waals surface area (Å²) in [4.78, 5) is 4.25. The SMILES string of the molecule is N#CCCn1cc(/C=C(/C#N)c2ccccn2)c(-c2ccc3c(c2)OCO3)n1. The van der Waals surface area contributed by atoms with Crippen LogP contribution >= 0.6 is 0 Å². The van der Waals surface area contributed by atoms with E-state index in [-0.39, 0.29) is 6.79 Å². The molecule has 0 spiro atoms. The predicted molar refractivity (Wildman–Crippen MR) is 102 cm³/mol. The Kier molecular flexibility index (Phi) is 4.73. The minimum absolute atomic E-state index is 0.195. The van der Waals surface area contributed by atoms with Crippen LogP contribution in [0.15, 0.2) is 48.8 Å². The second-order valence-corrected chi connectivity index (χ2v) is 6.06. The van der Waals surface area contributed by atoms with Gasteiger partial charge in [0.2, 0.25) is 6.79 Å². The molecule has 4 rings (SSSR count). The number of aryl methyl sites for hydroxylation is 1.